The molecule has 2 aromatic carbocycles. The number of nitrogens with one attached hydrogen (secondary N) is 1. The minimum absolute atomic E-state index is 0.119. The molecule has 4 rings (SSSR count). The van der Waals surface area contributed by atoms with Crippen molar-refractivity contribution >= 4 is 16.8 Å². The number of aromatic nitrogens is 3. The molecule has 0 bridgehead atoms. The van der Waals surface area contributed by atoms with Crippen LogP contribution in [0.5, 0.6) is 0 Å². The number of nitriles is 1. The van der Waals surface area contributed by atoms with Gasteiger partial charge in [0.05, 0.1) is 22.8 Å². The van der Waals surface area contributed by atoms with Crippen molar-refractivity contribution in [1.29, 1.82) is 5.26 Å². The summed E-state index contributed by atoms with van der Waals surface area (Å²) in [6.07, 6.45) is 0.667. The molecule has 0 amide bonds. The molecule has 0 saturated carbocycles. The highest BCUT2D eigenvalue weighted by Crippen LogP contribution is 2.22. The second kappa shape index (κ2) is 5.67. The predicted molar refractivity (Wildman–Crippen MR) is 92.7 cm³/mol. The maximum Gasteiger partial charge on any atom is 0.263 e. The Morgan fingerprint density at radius 3 is 2.62 bits per heavy atom. The standard InChI is InChI=1S/C19H14N4O/c20-12-6-9-14-17(13-7-2-1-3-8-13)22-19-21-15-10-4-5-11-16(15)23(19)18(14)24/h1-5,7-8,10-11H,6,9H2,(H,21,22). The van der Waals surface area contributed by atoms with Crippen molar-refractivity contribution in [3.63, 3.8) is 0 Å². The molecule has 0 unspecified atom stereocenters. The molecule has 2 aromatic heterocycles. The van der Waals surface area contributed by atoms with Crippen LogP contribution in [0.15, 0.2) is 59.4 Å². The van der Waals surface area contributed by atoms with Gasteiger partial charge in [0.2, 0.25) is 5.78 Å². The van der Waals surface area contributed by atoms with Gasteiger partial charge in [-0.3, -0.25) is 4.79 Å². The van der Waals surface area contributed by atoms with Crippen LogP contribution >= 0.6 is 0 Å². The van der Waals surface area contributed by atoms with E-state index < -0.39 is 0 Å². The number of benzene rings is 2. The van der Waals surface area contributed by atoms with Gasteiger partial charge in [0.25, 0.3) is 5.56 Å². The predicted octanol–water partition coefficient (Wildman–Crippen LogP) is 3.30. The van der Waals surface area contributed by atoms with Gasteiger partial charge in [0, 0.05) is 17.5 Å². The van der Waals surface area contributed by atoms with Gasteiger partial charge in [0.15, 0.2) is 0 Å². The topological polar surface area (TPSA) is 73.9 Å². The van der Waals surface area contributed by atoms with E-state index in [-0.39, 0.29) is 12.0 Å². The van der Waals surface area contributed by atoms with Crippen LogP contribution in [-0.4, -0.2) is 14.4 Å². The highest BCUT2D eigenvalue weighted by atomic mass is 16.1. The van der Waals surface area contributed by atoms with Gasteiger partial charge in [-0.1, -0.05) is 42.5 Å². The van der Waals surface area contributed by atoms with Gasteiger partial charge in [-0.25, -0.2) is 9.38 Å². The van der Waals surface area contributed by atoms with Crippen molar-refractivity contribution in [2.45, 2.75) is 12.8 Å². The van der Waals surface area contributed by atoms with Crippen LogP contribution < -0.4 is 5.56 Å². The molecule has 1 N–H and O–H groups in total. The fourth-order valence-corrected chi connectivity index (χ4v) is 3.00. The molecule has 0 saturated heterocycles. The molecule has 0 aliphatic heterocycles. The number of rotatable bonds is 3. The van der Waals surface area contributed by atoms with E-state index in [1.54, 1.807) is 4.40 Å². The molecule has 4 aromatic rings. The minimum Gasteiger partial charge on any atom is -0.323 e. The number of nitrogens with zero attached hydrogens (tertiary/aromatic N) is 3. The van der Waals surface area contributed by atoms with Crippen molar-refractivity contribution < 1.29 is 0 Å². The summed E-state index contributed by atoms with van der Waals surface area (Å²) in [5, 5.41) is 8.94. The Bertz CT molecular complexity index is 1130. The zero-order valence-electron chi connectivity index (χ0n) is 12.9. The van der Waals surface area contributed by atoms with Crippen molar-refractivity contribution in [1.82, 2.24) is 14.4 Å². The molecule has 5 heteroatoms. The van der Waals surface area contributed by atoms with Crippen molar-refractivity contribution in [2.24, 2.45) is 0 Å². The third kappa shape index (κ3) is 2.17. The van der Waals surface area contributed by atoms with E-state index in [4.69, 9.17) is 10.2 Å². The number of fused-ring (bicyclic) bond motifs is 3. The smallest absolute Gasteiger partial charge is 0.263 e. The second-order valence-corrected chi connectivity index (χ2v) is 5.57. The van der Waals surface area contributed by atoms with Crippen LogP contribution in [0.1, 0.15) is 12.0 Å². The lowest BCUT2D eigenvalue weighted by Gasteiger charge is -2.08. The Morgan fingerprint density at radius 1 is 1.08 bits per heavy atom. The summed E-state index contributed by atoms with van der Waals surface area (Å²) in [6.45, 7) is 0. The van der Waals surface area contributed by atoms with Crippen LogP contribution in [-0.2, 0) is 6.42 Å². The molecule has 116 valence electrons. The van der Waals surface area contributed by atoms with Crippen molar-refractivity contribution in [3.05, 3.63) is 70.5 Å². The summed E-state index contributed by atoms with van der Waals surface area (Å²) in [5.41, 5.74) is 3.63. The van der Waals surface area contributed by atoms with Gasteiger partial charge in [-0.05, 0) is 18.6 Å². The first-order valence-electron chi connectivity index (χ1n) is 7.74. The molecule has 5 nitrogen and oxygen atoms in total. The van der Waals surface area contributed by atoms with Crippen molar-refractivity contribution in [3.8, 4) is 17.3 Å². The molecule has 0 spiro atoms. The molecule has 0 radical (unpaired) electrons. The maximum absolute atomic E-state index is 13.1. The number of hydrogen-bond acceptors (Lipinski definition) is 3. The fourth-order valence-electron chi connectivity index (χ4n) is 3.00. The normalized spacial score (nSPS) is 11.0. The quantitative estimate of drug-likeness (QED) is 0.630. The average molecular weight is 314 g/mol. The van der Waals surface area contributed by atoms with E-state index in [2.05, 4.69) is 11.1 Å². The second-order valence-electron chi connectivity index (χ2n) is 5.57. The maximum atomic E-state index is 13.1. The molecule has 24 heavy (non-hydrogen) atoms. The molecule has 2 heterocycles. The minimum atomic E-state index is -0.119. The lowest BCUT2D eigenvalue weighted by atomic mass is 10.0. The molecule has 0 aliphatic carbocycles. The van der Waals surface area contributed by atoms with Gasteiger partial charge in [-0.15, -0.1) is 0 Å². The van der Waals surface area contributed by atoms with E-state index >= 15 is 0 Å². The Morgan fingerprint density at radius 2 is 1.83 bits per heavy atom. The van der Waals surface area contributed by atoms with E-state index in [1.165, 1.54) is 0 Å². The van der Waals surface area contributed by atoms with Crippen LogP contribution in [0.25, 0.3) is 28.1 Å². The van der Waals surface area contributed by atoms with Crippen LogP contribution in [0, 0.1) is 11.3 Å². The first-order chi connectivity index (χ1) is 11.8. The lowest BCUT2D eigenvalue weighted by molar-refractivity contribution is 0.941. The summed E-state index contributed by atoms with van der Waals surface area (Å²) in [7, 11) is 0. The largest absolute Gasteiger partial charge is 0.323 e. The molecular weight excluding hydrogens is 300 g/mol. The number of H-pyrrole nitrogens is 1. The lowest BCUT2D eigenvalue weighted by Crippen LogP contribution is -2.20. The molecular formula is C19H14N4O. The first-order valence-corrected chi connectivity index (χ1v) is 7.74. The zero-order chi connectivity index (χ0) is 16.5. The summed E-state index contributed by atoms with van der Waals surface area (Å²) >= 11 is 0. The van der Waals surface area contributed by atoms with Crippen LogP contribution in [0.3, 0.4) is 0 Å². The summed E-state index contributed by atoms with van der Waals surface area (Å²) < 4.78 is 1.59. The van der Waals surface area contributed by atoms with Gasteiger partial charge >= 0.3 is 0 Å². The zero-order valence-corrected chi connectivity index (χ0v) is 12.9. The summed E-state index contributed by atoms with van der Waals surface area (Å²) in [6, 6.07) is 19.3. The number of hydrogen-bond donors (Lipinski definition) is 1. The van der Waals surface area contributed by atoms with Crippen LogP contribution in [0.2, 0.25) is 0 Å². The third-order valence-electron chi connectivity index (χ3n) is 4.10. The SMILES string of the molecule is N#CCCc1c(-c2ccccc2)nc2[nH]c3ccccc3n2c1=O. The Balaban J connectivity index is 2.09. The summed E-state index contributed by atoms with van der Waals surface area (Å²) in [5.74, 6) is 0.515. The van der Waals surface area contributed by atoms with Crippen LogP contribution in [0.4, 0.5) is 0 Å². The first kappa shape index (κ1) is 14.2. The Hall–Kier alpha value is -3.39. The molecule has 0 fully saturated rings. The highest BCUT2D eigenvalue weighted by molar-refractivity contribution is 5.80. The van der Waals surface area contributed by atoms with Gasteiger partial charge in [-0.2, -0.15) is 5.26 Å². The van der Waals surface area contributed by atoms with Gasteiger partial charge < -0.3 is 4.98 Å². The fraction of sp³-hybridized carbons (Fsp3) is 0.105. The number of aromatic amines is 1. The molecule has 0 aliphatic rings. The third-order valence-corrected chi connectivity index (χ3v) is 4.10. The monoisotopic (exact) mass is 314 g/mol. The van der Waals surface area contributed by atoms with E-state index in [1.807, 2.05) is 54.6 Å². The number of para-hydroxylation sites is 2. The number of imidazole rings is 1. The highest BCUT2D eigenvalue weighted by Gasteiger charge is 2.16. The van der Waals surface area contributed by atoms with Crippen molar-refractivity contribution in [2.75, 3.05) is 0 Å². The average Bonchev–Trinajstić information content (AvgIpc) is 3.00. The van der Waals surface area contributed by atoms with Gasteiger partial charge in [0.1, 0.15) is 0 Å². The van der Waals surface area contributed by atoms with E-state index in [9.17, 15) is 4.79 Å². The molecule has 0 atom stereocenters. The van der Waals surface area contributed by atoms with E-state index in [0.29, 0.717) is 23.5 Å². The Kier molecular flexibility index (Phi) is 3.36. The summed E-state index contributed by atoms with van der Waals surface area (Å²) in [4.78, 5) is 21.0. The Labute approximate surface area is 137 Å². The van der Waals surface area contributed by atoms with E-state index in [0.717, 1.165) is 16.6 Å².